The molecule has 16 heavy (non-hydrogen) atoms. The van der Waals surface area contributed by atoms with E-state index in [0.717, 1.165) is 12.1 Å². The molecule has 0 N–H and O–H groups in total. The second-order valence-corrected chi connectivity index (χ2v) is 5.03. The third kappa shape index (κ3) is 2.44. The molecule has 6 heteroatoms. The number of alkyl halides is 3. The fourth-order valence-electron chi connectivity index (χ4n) is 1.10. The van der Waals surface area contributed by atoms with E-state index in [-0.39, 0.29) is 0 Å². The molecule has 0 aliphatic carbocycles. The summed E-state index contributed by atoms with van der Waals surface area (Å²) < 4.78 is 58.4. The first-order valence-corrected chi connectivity index (χ1v) is 5.78. The first-order chi connectivity index (χ1) is 7.29. The van der Waals surface area contributed by atoms with Crippen molar-refractivity contribution < 1.29 is 21.6 Å². The lowest BCUT2D eigenvalue weighted by Gasteiger charge is -2.08. The van der Waals surface area contributed by atoms with Crippen molar-refractivity contribution in [2.24, 2.45) is 0 Å². The van der Waals surface area contributed by atoms with Gasteiger partial charge in [0.2, 0.25) is 0 Å². The van der Waals surface area contributed by atoms with Crippen LogP contribution in [0.1, 0.15) is 5.56 Å². The van der Waals surface area contributed by atoms with Crippen LogP contribution in [0.4, 0.5) is 13.2 Å². The summed E-state index contributed by atoms with van der Waals surface area (Å²) in [6.07, 6.45) is 2.06. The maximum atomic E-state index is 12.2. The number of hydrogen-bond donors (Lipinski definition) is 0. The van der Waals surface area contributed by atoms with E-state index in [2.05, 4.69) is 6.58 Å². The summed E-state index contributed by atoms with van der Waals surface area (Å²) >= 11 is 0. The number of sulfone groups is 1. The Bertz CT molecular complexity index is 472. The van der Waals surface area contributed by atoms with Crippen molar-refractivity contribution in [1.29, 1.82) is 0 Å². The van der Waals surface area contributed by atoms with Gasteiger partial charge in [-0.1, -0.05) is 18.2 Å². The van der Waals surface area contributed by atoms with Gasteiger partial charge in [-0.25, -0.2) is 8.42 Å². The van der Waals surface area contributed by atoms with Crippen LogP contribution in [0.25, 0.3) is 0 Å². The molecule has 0 spiro atoms. The van der Waals surface area contributed by atoms with Crippen LogP contribution in [-0.4, -0.2) is 13.9 Å². The third-order valence-corrected chi connectivity index (χ3v) is 3.42. The van der Waals surface area contributed by atoms with Crippen molar-refractivity contribution in [2.75, 3.05) is 0 Å². The van der Waals surface area contributed by atoms with Crippen molar-refractivity contribution in [3.05, 3.63) is 42.5 Å². The molecule has 0 aliphatic heterocycles. The molecule has 0 radical (unpaired) electrons. The van der Waals surface area contributed by atoms with Gasteiger partial charge >= 0.3 is 5.51 Å². The summed E-state index contributed by atoms with van der Waals surface area (Å²) in [5.74, 6) is 0. The molecule has 2 nitrogen and oxygen atoms in total. The van der Waals surface area contributed by atoms with Crippen LogP contribution < -0.4 is 0 Å². The molecule has 0 saturated heterocycles. The van der Waals surface area contributed by atoms with E-state index in [9.17, 15) is 21.6 Å². The molecule has 0 fully saturated rings. The molecule has 1 rings (SSSR count). The van der Waals surface area contributed by atoms with Crippen LogP contribution >= 0.6 is 0 Å². The lowest BCUT2D eigenvalue weighted by molar-refractivity contribution is -0.0436. The van der Waals surface area contributed by atoms with Crippen molar-refractivity contribution in [1.82, 2.24) is 0 Å². The van der Waals surface area contributed by atoms with Crippen molar-refractivity contribution in [2.45, 2.75) is 16.8 Å². The van der Waals surface area contributed by atoms with Gasteiger partial charge < -0.3 is 0 Å². The lowest BCUT2D eigenvalue weighted by Crippen LogP contribution is -2.23. The van der Waals surface area contributed by atoms with E-state index < -0.39 is 20.2 Å². The molecular weight excluding hydrogens is 241 g/mol. The predicted molar refractivity (Wildman–Crippen MR) is 53.6 cm³/mol. The monoisotopic (exact) mass is 250 g/mol. The quantitative estimate of drug-likeness (QED) is 0.773. The topological polar surface area (TPSA) is 34.1 Å². The predicted octanol–water partition coefficient (Wildman–Crippen LogP) is 2.71. The molecule has 0 saturated carbocycles. The van der Waals surface area contributed by atoms with Crippen molar-refractivity contribution >= 4 is 9.84 Å². The van der Waals surface area contributed by atoms with Crippen LogP contribution in [0.5, 0.6) is 0 Å². The van der Waals surface area contributed by atoms with Gasteiger partial charge in [0.05, 0.1) is 4.90 Å². The standard InChI is InChI=1S/C10H9F3O2S/c1-2-3-8-4-6-9(7-5-8)16(14,15)10(11,12)13/h2,4-7H,1,3H2. The normalized spacial score (nSPS) is 12.4. The van der Waals surface area contributed by atoms with Crippen LogP contribution in [0.15, 0.2) is 41.8 Å². The minimum atomic E-state index is -5.26. The van der Waals surface area contributed by atoms with Crippen molar-refractivity contribution in [3.8, 4) is 0 Å². The summed E-state index contributed by atoms with van der Waals surface area (Å²) in [6, 6.07) is 4.56. The summed E-state index contributed by atoms with van der Waals surface area (Å²) in [5, 5.41) is 0. The summed E-state index contributed by atoms with van der Waals surface area (Å²) in [4.78, 5) is -0.743. The van der Waals surface area contributed by atoms with E-state index in [4.69, 9.17) is 0 Å². The Morgan fingerprint density at radius 2 is 1.69 bits per heavy atom. The average molecular weight is 250 g/mol. The van der Waals surface area contributed by atoms with Crippen LogP contribution in [0, 0.1) is 0 Å². The number of allylic oxidation sites excluding steroid dienone is 1. The molecule has 0 atom stereocenters. The number of hydrogen-bond acceptors (Lipinski definition) is 2. The lowest BCUT2D eigenvalue weighted by atomic mass is 10.2. The van der Waals surface area contributed by atoms with Gasteiger partial charge in [-0.05, 0) is 24.1 Å². The number of halogens is 3. The maximum Gasteiger partial charge on any atom is 0.501 e. The Morgan fingerprint density at radius 1 is 1.19 bits per heavy atom. The molecule has 0 unspecified atom stereocenters. The molecule has 0 amide bonds. The van der Waals surface area contributed by atoms with Gasteiger partial charge in [-0.15, -0.1) is 6.58 Å². The molecule has 0 aromatic heterocycles. The zero-order chi connectivity index (χ0) is 12.4. The number of rotatable bonds is 3. The fraction of sp³-hybridized carbons (Fsp3) is 0.200. The summed E-state index contributed by atoms with van der Waals surface area (Å²) in [7, 11) is -5.23. The van der Waals surface area contributed by atoms with Gasteiger partial charge in [-0.2, -0.15) is 13.2 Å². The third-order valence-electron chi connectivity index (χ3n) is 1.92. The zero-order valence-corrected chi connectivity index (χ0v) is 8.98. The second-order valence-electron chi connectivity index (χ2n) is 3.09. The van der Waals surface area contributed by atoms with Crippen molar-refractivity contribution in [3.63, 3.8) is 0 Å². The van der Waals surface area contributed by atoms with Gasteiger partial charge in [-0.3, -0.25) is 0 Å². The van der Waals surface area contributed by atoms with E-state index >= 15 is 0 Å². The molecule has 0 aliphatic rings. The van der Waals surface area contributed by atoms with E-state index in [0.29, 0.717) is 12.0 Å². The second kappa shape index (κ2) is 4.29. The minimum Gasteiger partial charge on any atom is -0.214 e. The first-order valence-electron chi connectivity index (χ1n) is 4.30. The molecule has 88 valence electrons. The Balaban J connectivity index is 3.12. The smallest absolute Gasteiger partial charge is 0.214 e. The van der Waals surface area contributed by atoms with Gasteiger partial charge in [0.25, 0.3) is 9.84 Å². The Morgan fingerprint density at radius 3 is 2.06 bits per heavy atom. The SMILES string of the molecule is C=CCc1ccc(S(=O)(=O)C(F)(F)F)cc1. The van der Waals surface area contributed by atoms with Gasteiger partial charge in [0, 0.05) is 0 Å². The molecular formula is C10H9F3O2S. The Labute approximate surface area is 91.3 Å². The van der Waals surface area contributed by atoms with Crippen LogP contribution in [0.2, 0.25) is 0 Å². The fourth-order valence-corrected chi connectivity index (χ4v) is 1.87. The van der Waals surface area contributed by atoms with E-state index in [1.54, 1.807) is 6.08 Å². The minimum absolute atomic E-state index is 0.479. The Hall–Kier alpha value is -1.30. The van der Waals surface area contributed by atoms with Gasteiger partial charge in [0.15, 0.2) is 0 Å². The van der Waals surface area contributed by atoms with Crippen LogP contribution in [-0.2, 0) is 16.3 Å². The first kappa shape index (κ1) is 12.8. The Kier molecular flexibility index (Phi) is 3.42. The highest BCUT2D eigenvalue weighted by molar-refractivity contribution is 7.92. The maximum absolute atomic E-state index is 12.2. The summed E-state index contributed by atoms with van der Waals surface area (Å²) in [6.45, 7) is 3.47. The number of benzene rings is 1. The molecule has 0 bridgehead atoms. The van der Waals surface area contributed by atoms with Crippen LogP contribution in [0.3, 0.4) is 0 Å². The zero-order valence-electron chi connectivity index (χ0n) is 8.16. The average Bonchev–Trinajstić information content (AvgIpc) is 2.17. The highest BCUT2D eigenvalue weighted by Gasteiger charge is 2.46. The molecule has 0 heterocycles. The molecule has 1 aromatic rings. The highest BCUT2D eigenvalue weighted by atomic mass is 32.2. The van der Waals surface area contributed by atoms with E-state index in [1.165, 1.54) is 12.1 Å². The van der Waals surface area contributed by atoms with E-state index in [1.807, 2.05) is 0 Å². The largest absolute Gasteiger partial charge is 0.501 e. The van der Waals surface area contributed by atoms with Gasteiger partial charge in [0.1, 0.15) is 0 Å². The molecule has 1 aromatic carbocycles. The summed E-state index contributed by atoms with van der Waals surface area (Å²) in [5.41, 5.74) is -4.55. The highest BCUT2D eigenvalue weighted by Crippen LogP contribution is 2.30.